The summed E-state index contributed by atoms with van der Waals surface area (Å²) in [5.41, 5.74) is 2.31. The largest absolute Gasteiger partial charge is 0.461 e. The van der Waals surface area contributed by atoms with Crippen molar-refractivity contribution in [1.82, 2.24) is 10.6 Å². The molecule has 0 aromatic heterocycles. The first kappa shape index (κ1) is 27.9. The zero-order chi connectivity index (χ0) is 27.2. The van der Waals surface area contributed by atoms with E-state index in [2.05, 4.69) is 10.6 Å². The van der Waals surface area contributed by atoms with Crippen molar-refractivity contribution >= 4 is 23.9 Å². The zero-order valence-corrected chi connectivity index (χ0v) is 21.0. The van der Waals surface area contributed by atoms with Crippen LogP contribution in [-0.2, 0) is 48.4 Å². The van der Waals surface area contributed by atoms with Gasteiger partial charge in [0.15, 0.2) is 0 Å². The molecule has 2 N–H and O–H groups in total. The first-order chi connectivity index (χ1) is 18.4. The van der Waals surface area contributed by atoms with Gasteiger partial charge in [-0.05, 0) is 23.6 Å². The number of ether oxygens (including phenoxy) is 3. The van der Waals surface area contributed by atoms with Crippen molar-refractivity contribution in [2.24, 2.45) is 0 Å². The summed E-state index contributed by atoms with van der Waals surface area (Å²) in [4.78, 5) is 50.2. The van der Waals surface area contributed by atoms with Crippen LogP contribution in [0.4, 0.5) is 4.79 Å². The molecular weight excluding hydrogens is 488 g/mol. The first-order valence-corrected chi connectivity index (χ1v) is 12.1. The van der Waals surface area contributed by atoms with Gasteiger partial charge in [0.25, 0.3) is 0 Å². The molecule has 3 aromatic rings. The summed E-state index contributed by atoms with van der Waals surface area (Å²) in [5, 5.41) is 4.89. The minimum absolute atomic E-state index is 0.0185. The number of nitrogens with one attached hydrogen (secondary N) is 2. The highest BCUT2D eigenvalue weighted by Gasteiger charge is 2.29. The van der Waals surface area contributed by atoms with Crippen LogP contribution in [0.5, 0.6) is 0 Å². The van der Waals surface area contributed by atoms with E-state index in [4.69, 9.17) is 14.2 Å². The molecule has 2 atom stereocenters. The third-order valence-corrected chi connectivity index (χ3v) is 5.38. The molecule has 0 aliphatic heterocycles. The van der Waals surface area contributed by atoms with Gasteiger partial charge in [0.05, 0.1) is 6.42 Å². The maximum absolute atomic E-state index is 12.8. The van der Waals surface area contributed by atoms with E-state index in [-0.39, 0.29) is 19.8 Å². The number of carbonyl (C=O) groups is 4. The number of benzene rings is 3. The molecule has 3 rings (SSSR count). The Labute approximate surface area is 221 Å². The Morgan fingerprint density at radius 1 is 0.632 bits per heavy atom. The summed E-state index contributed by atoms with van der Waals surface area (Å²) in [7, 11) is 0. The van der Waals surface area contributed by atoms with Crippen molar-refractivity contribution in [2.45, 2.75) is 45.2 Å². The SMILES string of the molecule is C[C@H](NC(=O)OCc1ccccc1)C(=O)N[C@@H](CC(=O)OCc1ccccc1)C(=O)OCc1ccccc1. The van der Waals surface area contributed by atoms with Crippen LogP contribution in [0.3, 0.4) is 0 Å². The standard InChI is InChI=1S/C29H30N2O7/c1-21(30-29(35)38-20-24-15-9-4-10-16-24)27(33)31-25(28(34)37-19-23-13-7-3-8-14-23)17-26(32)36-18-22-11-5-2-6-12-22/h2-16,21,25H,17-20H2,1H3,(H,30,35)(H,31,33)/t21-,25-/m0/s1. The molecule has 0 bridgehead atoms. The molecule has 0 radical (unpaired) electrons. The van der Waals surface area contributed by atoms with E-state index in [9.17, 15) is 19.2 Å². The summed E-state index contributed by atoms with van der Waals surface area (Å²) < 4.78 is 15.7. The zero-order valence-electron chi connectivity index (χ0n) is 21.0. The monoisotopic (exact) mass is 518 g/mol. The fourth-order valence-corrected chi connectivity index (χ4v) is 3.29. The molecule has 0 fully saturated rings. The van der Waals surface area contributed by atoms with E-state index in [0.717, 1.165) is 16.7 Å². The molecule has 2 amide bonds. The van der Waals surface area contributed by atoms with Crippen molar-refractivity contribution in [1.29, 1.82) is 0 Å². The predicted molar refractivity (Wildman–Crippen MR) is 138 cm³/mol. The van der Waals surface area contributed by atoms with Crippen LogP contribution in [0.15, 0.2) is 91.0 Å². The van der Waals surface area contributed by atoms with Gasteiger partial charge in [0, 0.05) is 0 Å². The third kappa shape index (κ3) is 9.77. The molecule has 0 spiro atoms. The number of alkyl carbamates (subject to hydrolysis) is 1. The van der Waals surface area contributed by atoms with Crippen LogP contribution in [0.1, 0.15) is 30.0 Å². The second-order valence-corrected chi connectivity index (χ2v) is 8.43. The molecule has 0 heterocycles. The highest BCUT2D eigenvalue weighted by Crippen LogP contribution is 2.08. The average molecular weight is 519 g/mol. The minimum atomic E-state index is -1.32. The Morgan fingerprint density at radius 3 is 1.58 bits per heavy atom. The molecule has 0 saturated heterocycles. The van der Waals surface area contributed by atoms with E-state index in [0.29, 0.717) is 0 Å². The van der Waals surface area contributed by atoms with Crippen molar-refractivity contribution in [3.05, 3.63) is 108 Å². The summed E-state index contributed by atoms with van der Waals surface area (Å²) in [6, 6.07) is 24.7. The second kappa shape index (κ2) is 14.8. The van der Waals surface area contributed by atoms with E-state index < -0.39 is 42.4 Å². The van der Waals surface area contributed by atoms with Gasteiger partial charge in [-0.2, -0.15) is 0 Å². The van der Waals surface area contributed by atoms with Crippen LogP contribution in [0.25, 0.3) is 0 Å². The van der Waals surface area contributed by atoms with Gasteiger partial charge in [-0.1, -0.05) is 91.0 Å². The highest BCUT2D eigenvalue weighted by atomic mass is 16.6. The molecule has 3 aromatic carbocycles. The molecule has 198 valence electrons. The summed E-state index contributed by atoms with van der Waals surface area (Å²) in [6.07, 6.45) is -1.25. The van der Waals surface area contributed by atoms with Crippen molar-refractivity contribution in [3.63, 3.8) is 0 Å². The number of hydrogen-bond acceptors (Lipinski definition) is 7. The van der Waals surface area contributed by atoms with Crippen LogP contribution in [0, 0.1) is 0 Å². The van der Waals surface area contributed by atoms with Gasteiger partial charge in [-0.25, -0.2) is 9.59 Å². The fourth-order valence-electron chi connectivity index (χ4n) is 3.29. The lowest BCUT2D eigenvalue weighted by atomic mass is 10.2. The fraction of sp³-hybridized carbons (Fsp3) is 0.241. The number of hydrogen-bond donors (Lipinski definition) is 2. The van der Waals surface area contributed by atoms with E-state index in [1.165, 1.54) is 6.92 Å². The maximum atomic E-state index is 12.8. The normalized spacial score (nSPS) is 11.9. The van der Waals surface area contributed by atoms with Gasteiger partial charge in [0.2, 0.25) is 5.91 Å². The predicted octanol–water partition coefficient (Wildman–Crippen LogP) is 3.66. The number of esters is 2. The molecular formula is C29H30N2O7. The topological polar surface area (TPSA) is 120 Å². The van der Waals surface area contributed by atoms with Gasteiger partial charge in [0.1, 0.15) is 31.9 Å². The van der Waals surface area contributed by atoms with Crippen LogP contribution in [-0.4, -0.2) is 36.0 Å². The summed E-state index contributed by atoms with van der Waals surface area (Å²) >= 11 is 0. The van der Waals surface area contributed by atoms with Crippen molar-refractivity contribution in [3.8, 4) is 0 Å². The van der Waals surface area contributed by atoms with Crippen molar-refractivity contribution < 1.29 is 33.4 Å². The minimum Gasteiger partial charge on any atom is -0.461 e. The number of carbonyl (C=O) groups excluding carboxylic acids is 4. The number of amides is 2. The molecule has 0 aliphatic carbocycles. The number of rotatable bonds is 12. The summed E-state index contributed by atoms with van der Waals surface area (Å²) in [5.74, 6) is -2.20. The Balaban J connectivity index is 1.56. The van der Waals surface area contributed by atoms with Crippen LogP contribution < -0.4 is 10.6 Å². The molecule has 0 unspecified atom stereocenters. The summed E-state index contributed by atoms with van der Waals surface area (Å²) in [6.45, 7) is 1.44. The first-order valence-electron chi connectivity index (χ1n) is 12.1. The molecule has 9 heteroatoms. The van der Waals surface area contributed by atoms with E-state index in [1.807, 2.05) is 42.5 Å². The Bertz CT molecular complexity index is 1190. The molecule has 0 aliphatic rings. The molecule has 0 saturated carbocycles. The van der Waals surface area contributed by atoms with E-state index in [1.54, 1.807) is 48.5 Å². The van der Waals surface area contributed by atoms with Crippen LogP contribution in [0.2, 0.25) is 0 Å². The quantitative estimate of drug-likeness (QED) is 0.277. The maximum Gasteiger partial charge on any atom is 0.408 e. The Hall–Kier alpha value is -4.66. The Morgan fingerprint density at radius 2 is 1.08 bits per heavy atom. The molecule has 38 heavy (non-hydrogen) atoms. The smallest absolute Gasteiger partial charge is 0.408 e. The average Bonchev–Trinajstić information content (AvgIpc) is 2.95. The third-order valence-electron chi connectivity index (χ3n) is 5.38. The van der Waals surface area contributed by atoms with Gasteiger partial charge in [-0.15, -0.1) is 0 Å². The van der Waals surface area contributed by atoms with E-state index >= 15 is 0 Å². The van der Waals surface area contributed by atoms with Gasteiger partial charge >= 0.3 is 18.0 Å². The highest BCUT2D eigenvalue weighted by molar-refractivity contribution is 5.91. The molecule has 9 nitrogen and oxygen atoms in total. The second-order valence-electron chi connectivity index (χ2n) is 8.43. The van der Waals surface area contributed by atoms with Crippen molar-refractivity contribution in [2.75, 3.05) is 0 Å². The van der Waals surface area contributed by atoms with Gasteiger partial charge < -0.3 is 24.8 Å². The van der Waals surface area contributed by atoms with Gasteiger partial charge in [-0.3, -0.25) is 9.59 Å². The lowest BCUT2D eigenvalue weighted by molar-refractivity contribution is -0.155. The Kier molecular flexibility index (Phi) is 10.9. The van der Waals surface area contributed by atoms with Crippen LogP contribution >= 0.6 is 0 Å². The lowest BCUT2D eigenvalue weighted by Crippen LogP contribution is -2.51. The lowest BCUT2D eigenvalue weighted by Gasteiger charge is -2.20.